The molecule has 4 saturated carbocycles. The molecule has 2 aromatic heterocycles. The molecule has 2 unspecified atom stereocenters. The number of aryl methyl sites for hydroxylation is 2. The third-order valence-corrected chi connectivity index (χ3v) is 7.24. The second-order valence-corrected chi connectivity index (χ2v) is 9.61. The van der Waals surface area contributed by atoms with Gasteiger partial charge in [-0.1, -0.05) is 0 Å². The van der Waals surface area contributed by atoms with Gasteiger partial charge < -0.3 is 5.32 Å². The first-order chi connectivity index (χ1) is 13.8. The van der Waals surface area contributed by atoms with Crippen molar-refractivity contribution >= 4 is 17.3 Å². The van der Waals surface area contributed by atoms with Crippen LogP contribution in [-0.2, 0) is 17.4 Å². The third kappa shape index (κ3) is 3.03. The van der Waals surface area contributed by atoms with Crippen molar-refractivity contribution in [1.82, 2.24) is 19.6 Å². The van der Waals surface area contributed by atoms with E-state index >= 15 is 0 Å². The Morgan fingerprint density at radius 1 is 1.31 bits per heavy atom. The normalized spacial score (nSPS) is 32.5. The van der Waals surface area contributed by atoms with E-state index in [4.69, 9.17) is 0 Å². The molecule has 154 valence electrons. The zero-order valence-electron chi connectivity index (χ0n) is 16.8. The van der Waals surface area contributed by atoms with Gasteiger partial charge in [0.1, 0.15) is 12.4 Å². The van der Waals surface area contributed by atoms with Crippen molar-refractivity contribution in [3.63, 3.8) is 0 Å². The van der Waals surface area contributed by atoms with Crippen LogP contribution in [0.2, 0.25) is 0 Å². The first-order valence-electron chi connectivity index (χ1n) is 10.3. The van der Waals surface area contributed by atoms with Crippen LogP contribution in [0.15, 0.2) is 18.6 Å². The number of amides is 1. The molecule has 1 N–H and O–H groups in total. The summed E-state index contributed by atoms with van der Waals surface area (Å²) in [6.07, 6.45) is 11.5. The molecule has 0 spiro atoms. The number of nitrogens with zero attached hydrogens (tertiary/aromatic N) is 5. The highest BCUT2D eigenvalue weighted by Crippen LogP contribution is 2.65. The molecule has 4 fully saturated rings. The third-order valence-electron chi connectivity index (χ3n) is 7.24. The second-order valence-electron chi connectivity index (χ2n) is 9.61. The van der Waals surface area contributed by atoms with Crippen molar-refractivity contribution in [3.8, 4) is 0 Å². The van der Waals surface area contributed by atoms with E-state index < -0.39 is 0 Å². The van der Waals surface area contributed by atoms with E-state index in [1.165, 1.54) is 12.6 Å². The van der Waals surface area contributed by atoms with Crippen molar-refractivity contribution in [3.05, 3.63) is 34.4 Å². The minimum absolute atomic E-state index is 0.0321. The molecule has 2 atom stereocenters. The largest absolute Gasteiger partial charge is 0.323 e. The summed E-state index contributed by atoms with van der Waals surface area (Å²) in [5, 5.41) is 22.9. The van der Waals surface area contributed by atoms with Crippen LogP contribution in [0.4, 0.5) is 11.4 Å². The molecule has 2 aromatic rings. The van der Waals surface area contributed by atoms with E-state index in [2.05, 4.69) is 15.5 Å². The Hall–Kier alpha value is -2.71. The number of aromatic nitrogens is 4. The Kier molecular flexibility index (Phi) is 3.88. The molecule has 4 aliphatic carbocycles. The fraction of sp³-hybridized carbons (Fsp3) is 0.650. The molecule has 9 heteroatoms. The van der Waals surface area contributed by atoms with E-state index in [0.29, 0.717) is 18.3 Å². The fourth-order valence-electron chi connectivity index (χ4n) is 6.80. The molecule has 0 aliphatic heterocycles. The molecule has 4 bridgehead atoms. The van der Waals surface area contributed by atoms with E-state index in [1.807, 2.05) is 24.9 Å². The van der Waals surface area contributed by atoms with Crippen molar-refractivity contribution in [2.45, 2.75) is 57.4 Å². The Morgan fingerprint density at radius 2 is 2.03 bits per heavy atom. The van der Waals surface area contributed by atoms with Gasteiger partial charge in [-0.15, -0.1) is 0 Å². The lowest BCUT2D eigenvalue weighted by Crippen LogP contribution is -2.57. The van der Waals surface area contributed by atoms with Gasteiger partial charge in [0.2, 0.25) is 5.91 Å². The number of anilines is 1. The Morgan fingerprint density at radius 3 is 2.62 bits per heavy atom. The van der Waals surface area contributed by atoms with Crippen LogP contribution in [0.25, 0.3) is 0 Å². The SMILES string of the molecule is Cc1nn(C)cc1NC(=O)CC12CC3CC(C1)CC(n1cc([N+](=O)[O-])cn1)(C3)C2. The molecule has 29 heavy (non-hydrogen) atoms. The number of nitro groups is 1. The lowest BCUT2D eigenvalue weighted by atomic mass is 9.46. The summed E-state index contributed by atoms with van der Waals surface area (Å²) in [7, 11) is 1.84. The predicted molar refractivity (Wildman–Crippen MR) is 105 cm³/mol. The van der Waals surface area contributed by atoms with Crippen LogP contribution in [0.1, 0.15) is 50.6 Å². The van der Waals surface area contributed by atoms with Crippen LogP contribution >= 0.6 is 0 Å². The van der Waals surface area contributed by atoms with Gasteiger partial charge in [-0.05, 0) is 62.7 Å². The van der Waals surface area contributed by atoms with Gasteiger partial charge >= 0.3 is 5.69 Å². The topological polar surface area (TPSA) is 108 Å². The number of rotatable bonds is 5. The highest BCUT2D eigenvalue weighted by atomic mass is 16.6. The predicted octanol–water partition coefficient (Wildman–Crippen LogP) is 3.16. The lowest BCUT2D eigenvalue weighted by molar-refractivity contribution is -0.385. The van der Waals surface area contributed by atoms with E-state index in [9.17, 15) is 14.9 Å². The summed E-state index contributed by atoms with van der Waals surface area (Å²) in [4.78, 5) is 23.7. The van der Waals surface area contributed by atoms with Crippen molar-refractivity contribution in [2.75, 3.05) is 5.32 Å². The van der Waals surface area contributed by atoms with Crippen LogP contribution < -0.4 is 5.32 Å². The maximum Gasteiger partial charge on any atom is 0.307 e. The first-order valence-corrected chi connectivity index (χ1v) is 10.3. The monoisotopic (exact) mass is 398 g/mol. The molecule has 1 amide bonds. The molecule has 0 radical (unpaired) electrons. The van der Waals surface area contributed by atoms with Crippen LogP contribution in [-0.4, -0.2) is 30.4 Å². The van der Waals surface area contributed by atoms with Gasteiger partial charge in [0.05, 0.1) is 21.8 Å². The number of hydrogen-bond acceptors (Lipinski definition) is 5. The molecule has 0 saturated heterocycles. The second kappa shape index (κ2) is 6.14. The average Bonchev–Trinajstić information content (AvgIpc) is 3.20. The molecule has 0 aromatic carbocycles. The Labute approximate surface area is 168 Å². The quantitative estimate of drug-likeness (QED) is 0.615. The standard InChI is InChI=1S/C20H26N6O3/c1-13-17(11-24(2)23-13)22-18(27)8-19-4-14-3-15(5-19)7-20(6-14,12-19)25-10-16(9-21-25)26(28)29/h9-11,14-15H,3-8,12H2,1-2H3,(H,22,27). The number of nitrogens with one attached hydrogen (secondary N) is 1. The number of hydrogen-bond donors (Lipinski definition) is 1. The van der Waals surface area contributed by atoms with E-state index in [-0.39, 0.29) is 27.5 Å². The van der Waals surface area contributed by atoms with Gasteiger partial charge in [0, 0.05) is 19.7 Å². The summed E-state index contributed by atoms with van der Waals surface area (Å²) in [6.45, 7) is 1.89. The first kappa shape index (κ1) is 18.3. The maximum atomic E-state index is 12.9. The number of carbonyl (C=O) groups excluding carboxylic acids is 1. The van der Waals surface area contributed by atoms with Crippen molar-refractivity contribution in [2.24, 2.45) is 24.3 Å². The zero-order chi connectivity index (χ0) is 20.4. The Bertz CT molecular complexity index is 978. The molecular weight excluding hydrogens is 372 g/mol. The van der Waals surface area contributed by atoms with E-state index in [1.54, 1.807) is 10.9 Å². The summed E-state index contributed by atoms with van der Waals surface area (Å²) in [6, 6.07) is 0. The van der Waals surface area contributed by atoms with Gasteiger partial charge in [0.25, 0.3) is 0 Å². The summed E-state index contributed by atoms with van der Waals surface area (Å²) in [5.74, 6) is 1.16. The van der Waals surface area contributed by atoms with Gasteiger partial charge in [0.15, 0.2) is 0 Å². The molecule has 4 aliphatic rings. The number of carbonyl (C=O) groups is 1. The average molecular weight is 398 g/mol. The lowest BCUT2D eigenvalue weighted by Gasteiger charge is -2.61. The van der Waals surface area contributed by atoms with Gasteiger partial charge in [-0.3, -0.25) is 24.3 Å². The Balaban J connectivity index is 1.39. The molecule has 2 heterocycles. The van der Waals surface area contributed by atoms with Crippen molar-refractivity contribution in [1.29, 1.82) is 0 Å². The minimum atomic E-state index is -0.385. The maximum absolute atomic E-state index is 12.9. The fourth-order valence-corrected chi connectivity index (χ4v) is 6.80. The summed E-state index contributed by atoms with van der Waals surface area (Å²) < 4.78 is 3.55. The summed E-state index contributed by atoms with van der Waals surface area (Å²) >= 11 is 0. The molecular formula is C20H26N6O3. The van der Waals surface area contributed by atoms with Gasteiger partial charge in [-0.2, -0.15) is 10.2 Å². The van der Waals surface area contributed by atoms with Crippen LogP contribution in [0.3, 0.4) is 0 Å². The minimum Gasteiger partial charge on any atom is -0.323 e. The zero-order valence-corrected chi connectivity index (χ0v) is 16.8. The highest BCUT2D eigenvalue weighted by molar-refractivity contribution is 5.91. The molecule has 9 nitrogen and oxygen atoms in total. The van der Waals surface area contributed by atoms with E-state index in [0.717, 1.165) is 43.5 Å². The highest BCUT2D eigenvalue weighted by Gasteiger charge is 2.59. The van der Waals surface area contributed by atoms with Crippen LogP contribution in [0.5, 0.6) is 0 Å². The smallest absolute Gasteiger partial charge is 0.307 e. The van der Waals surface area contributed by atoms with Gasteiger partial charge in [-0.25, -0.2) is 0 Å². The van der Waals surface area contributed by atoms with Crippen LogP contribution in [0, 0.1) is 34.3 Å². The summed E-state index contributed by atoms with van der Waals surface area (Å²) in [5.41, 5.74) is 1.37. The van der Waals surface area contributed by atoms with Crippen molar-refractivity contribution < 1.29 is 9.72 Å². The molecule has 6 rings (SSSR count).